The molecule has 2 heterocycles. The summed E-state index contributed by atoms with van der Waals surface area (Å²) >= 11 is 0. The van der Waals surface area contributed by atoms with E-state index in [1.54, 1.807) is 7.11 Å². The summed E-state index contributed by atoms with van der Waals surface area (Å²) in [5, 5.41) is 0. The molecule has 35 heavy (non-hydrogen) atoms. The molecule has 1 spiro atoms. The quantitative estimate of drug-likeness (QED) is 0.425. The minimum Gasteiger partial charge on any atom is -0.497 e. The molecule has 1 aliphatic carbocycles. The summed E-state index contributed by atoms with van der Waals surface area (Å²) in [7, 11) is -2.21. The van der Waals surface area contributed by atoms with Crippen molar-refractivity contribution in [2.24, 2.45) is 0 Å². The molecule has 2 amide bonds. The zero-order chi connectivity index (χ0) is 24.8. The van der Waals surface area contributed by atoms with E-state index < -0.39 is 33.9 Å². The Hall–Kier alpha value is -3.11. The number of nitrogens with zero attached hydrogens (tertiary/aromatic N) is 2. The summed E-state index contributed by atoms with van der Waals surface area (Å²) in [6.07, 6.45) is 1.32. The van der Waals surface area contributed by atoms with Gasteiger partial charge in [-0.25, -0.2) is 4.79 Å². The van der Waals surface area contributed by atoms with Gasteiger partial charge in [0.2, 0.25) is 0 Å². The van der Waals surface area contributed by atoms with E-state index in [1.807, 2.05) is 59.5 Å². The van der Waals surface area contributed by atoms with E-state index in [0.717, 1.165) is 30.2 Å². The van der Waals surface area contributed by atoms with E-state index in [4.69, 9.17) is 13.7 Å². The van der Waals surface area contributed by atoms with Gasteiger partial charge in [0.25, 0.3) is 16.0 Å². The van der Waals surface area contributed by atoms with Crippen molar-refractivity contribution in [2.45, 2.75) is 49.6 Å². The van der Waals surface area contributed by atoms with Gasteiger partial charge in [0.1, 0.15) is 12.4 Å². The molecule has 5 rings (SSSR count). The van der Waals surface area contributed by atoms with E-state index in [2.05, 4.69) is 0 Å². The number of methoxy groups -OCH3 is 1. The fraction of sp³-hybridized carbons (Fsp3) is 0.440. The monoisotopic (exact) mass is 500 g/mol. The van der Waals surface area contributed by atoms with Gasteiger partial charge in [0, 0.05) is 12.5 Å². The van der Waals surface area contributed by atoms with Gasteiger partial charge in [0.15, 0.2) is 5.54 Å². The number of likely N-dealkylation sites (tertiary alicyclic amines) is 2. The van der Waals surface area contributed by atoms with Gasteiger partial charge in [-0.05, 0) is 36.1 Å². The van der Waals surface area contributed by atoms with E-state index in [9.17, 15) is 18.0 Å². The smallest absolute Gasteiger partial charge is 0.411 e. The predicted molar refractivity (Wildman–Crippen MR) is 126 cm³/mol. The Bertz CT molecular complexity index is 1210. The van der Waals surface area contributed by atoms with Crippen molar-refractivity contribution < 1.29 is 31.7 Å². The Morgan fingerprint density at radius 1 is 1.09 bits per heavy atom. The highest BCUT2D eigenvalue weighted by Gasteiger charge is 2.71. The van der Waals surface area contributed by atoms with Crippen molar-refractivity contribution in [3.8, 4) is 5.75 Å². The van der Waals surface area contributed by atoms with Crippen LogP contribution in [0, 0.1) is 0 Å². The minimum absolute atomic E-state index is 0.0393. The van der Waals surface area contributed by atoms with Crippen LogP contribution in [0.3, 0.4) is 0 Å². The first-order valence-electron chi connectivity index (χ1n) is 11.6. The summed E-state index contributed by atoms with van der Waals surface area (Å²) in [5.41, 5.74) is 0.378. The topological polar surface area (TPSA) is 102 Å². The molecule has 2 aliphatic heterocycles. The van der Waals surface area contributed by atoms with Crippen LogP contribution in [0.25, 0.3) is 0 Å². The Morgan fingerprint density at radius 2 is 1.77 bits per heavy atom. The first kappa shape index (κ1) is 23.6. The maximum atomic E-state index is 13.7. The molecule has 0 unspecified atom stereocenters. The Labute approximate surface area is 204 Å². The van der Waals surface area contributed by atoms with Crippen molar-refractivity contribution in [1.82, 2.24) is 9.80 Å². The lowest BCUT2D eigenvalue weighted by Crippen LogP contribution is -2.74. The van der Waals surface area contributed by atoms with Gasteiger partial charge in [0.05, 0.1) is 32.1 Å². The van der Waals surface area contributed by atoms with Gasteiger partial charge >= 0.3 is 6.09 Å². The van der Waals surface area contributed by atoms with Gasteiger partial charge in [-0.2, -0.15) is 8.42 Å². The number of carbonyl (C=O) groups is 2. The molecule has 2 saturated heterocycles. The molecule has 186 valence electrons. The average Bonchev–Trinajstić information content (AvgIpc) is 3.60. The van der Waals surface area contributed by atoms with Crippen LogP contribution in [-0.2, 0) is 30.4 Å². The SMILES string of the molecule is COc1ccc([C@@H]2N(C3CC3)C(=O)[C@@]23C[C@@H](OS(C)(=O)=O)CN3C(=O)OCc2ccccc2)cc1. The van der Waals surface area contributed by atoms with Crippen LogP contribution in [0.5, 0.6) is 5.75 Å². The van der Waals surface area contributed by atoms with Crippen molar-refractivity contribution >= 4 is 22.1 Å². The number of amides is 2. The lowest BCUT2D eigenvalue weighted by molar-refractivity contribution is -0.174. The molecular weight excluding hydrogens is 472 g/mol. The zero-order valence-electron chi connectivity index (χ0n) is 19.6. The van der Waals surface area contributed by atoms with Gasteiger partial charge in [-0.3, -0.25) is 13.9 Å². The van der Waals surface area contributed by atoms with E-state index in [-0.39, 0.29) is 31.5 Å². The van der Waals surface area contributed by atoms with Crippen LogP contribution in [0.2, 0.25) is 0 Å². The molecule has 1 saturated carbocycles. The molecule has 0 N–H and O–H groups in total. The van der Waals surface area contributed by atoms with Crippen molar-refractivity contribution in [2.75, 3.05) is 19.9 Å². The Balaban J connectivity index is 1.49. The molecule has 10 heteroatoms. The number of ether oxygens (including phenoxy) is 2. The molecule has 0 radical (unpaired) electrons. The highest BCUT2D eigenvalue weighted by Crippen LogP contribution is 2.57. The molecule has 3 fully saturated rings. The molecule has 3 atom stereocenters. The number of rotatable bonds is 7. The highest BCUT2D eigenvalue weighted by atomic mass is 32.2. The third kappa shape index (κ3) is 4.36. The maximum absolute atomic E-state index is 13.7. The molecule has 0 bridgehead atoms. The van der Waals surface area contributed by atoms with Crippen molar-refractivity contribution in [3.05, 3.63) is 65.7 Å². The van der Waals surface area contributed by atoms with Crippen LogP contribution in [-0.4, -0.2) is 67.8 Å². The third-order valence-corrected chi connectivity index (χ3v) is 7.47. The first-order valence-corrected chi connectivity index (χ1v) is 13.4. The second-order valence-electron chi connectivity index (χ2n) is 9.32. The number of carbonyl (C=O) groups excluding carboxylic acids is 2. The summed E-state index contributed by atoms with van der Waals surface area (Å²) in [5.74, 6) is 0.479. The average molecular weight is 501 g/mol. The number of hydrogen-bond acceptors (Lipinski definition) is 7. The number of benzene rings is 2. The summed E-state index contributed by atoms with van der Waals surface area (Å²) in [6, 6.07) is 16.3. The van der Waals surface area contributed by atoms with Crippen molar-refractivity contribution in [1.29, 1.82) is 0 Å². The minimum atomic E-state index is -3.79. The lowest BCUT2D eigenvalue weighted by Gasteiger charge is -2.57. The van der Waals surface area contributed by atoms with Crippen LogP contribution >= 0.6 is 0 Å². The predicted octanol–water partition coefficient (Wildman–Crippen LogP) is 2.87. The summed E-state index contributed by atoms with van der Waals surface area (Å²) in [4.78, 5) is 30.3. The van der Waals surface area contributed by atoms with Gasteiger partial charge < -0.3 is 14.4 Å². The van der Waals surface area contributed by atoms with Crippen molar-refractivity contribution in [3.63, 3.8) is 0 Å². The Kier molecular flexibility index (Phi) is 5.96. The second kappa shape index (κ2) is 8.83. The van der Waals surface area contributed by atoms with Gasteiger partial charge in [-0.1, -0.05) is 42.5 Å². The molecular formula is C25H28N2O7S. The molecule has 2 aromatic carbocycles. The van der Waals surface area contributed by atoms with E-state index in [0.29, 0.717) is 5.75 Å². The fourth-order valence-electron chi connectivity index (χ4n) is 5.27. The lowest BCUT2D eigenvalue weighted by atomic mass is 9.72. The normalized spacial score (nSPS) is 26.1. The van der Waals surface area contributed by atoms with E-state index >= 15 is 0 Å². The standard InChI is InChI=1S/C25H28N2O7S/c1-32-20-12-8-18(9-13-20)22-25(23(28)27(22)19-10-11-19)14-21(34-35(2,30)31)15-26(25)24(29)33-16-17-6-4-3-5-7-17/h3-9,12-13,19,21-22H,10-11,14-16H2,1-2H3/t21-,22+,25-/m1/s1. The molecule has 9 nitrogen and oxygen atoms in total. The molecule has 2 aromatic rings. The Morgan fingerprint density at radius 3 is 2.37 bits per heavy atom. The summed E-state index contributed by atoms with van der Waals surface area (Å²) < 4.78 is 40.0. The van der Waals surface area contributed by atoms with Crippen LogP contribution in [0.15, 0.2) is 54.6 Å². The maximum Gasteiger partial charge on any atom is 0.411 e. The molecule has 0 aromatic heterocycles. The second-order valence-corrected chi connectivity index (χ2v) is 10.9. The fourth-order valence-corrected chi connectivity index (χ4v) is 5.89. The number of β-lactam (4-membered cyclic amide) rings is 1. The van der Waals surface area contributed by atoms with Crippen LogP contribution < -0.4 is 4.74 Å². The van der Waals surface area contributed by atoms with Crippen LogP contribution in [0.4, 0.5) is 4.79 Å². The number of hydrogen-bond donors (Lipinski definition) is 0. The van der Waals surface area contributed by atoms with Crippen LogP contribution in [0.1, 0.15) is 36.4 Å². The highest BCUT2D eigenvalue weighted by molar-refractivity contribution is 7.86. The van der Waals surface area contributed by atoms with E-state index in [1.165, 1.54) is 4.90 Å². The van der Waals surface area contributed by atoms with Gasteiger partial charge in [-0.15, -0.1) is 0 Å². The first-order chi connectivity index (χ1) is 16.7. The zero-order valence-corrected chi connectivity index (χ0v) is 20.4. The largest absolute Gasteiger partial charge is 0.497 e. The molecule has 3 aliphatic rings. The summed E-state index contributed by atoms with van der Waals surface area (Å²) in [6.45, 7) is -0.0187. The third-order valence-electron chi connectivity index (χ3n) is 6.85.